The summed E-state index contributed by atoms with van der Waals surface area (Å²) in [4.78, 5) is 26.1. The lowest BCUT2D eigenvalue weighted by atomic mass is 10.2. The summed E-state index contributed by atoms with van der Waals surface area (Å²) in [5, 5.41) is 14.6. The maximum atomic E-state index is 11.3. The Kier molecular flexibility index (Phi) is 3.76. The van der Waals surface area contributed by atoms with E-state index in [0.717, 1.165) is 12.8 Å². The summed E-state index contributed by atoms with van der Waals surface area (Å²) in [6.45, 7) is 1.03. The number of rotatable bonds is 6. The van der Waals surface area contributed by atoms with Crippen LogP contribution in [0.25, 0.3) is 0 Å². The minimum Gasteiger partial charge on any atom is -0.478 e. The minimum atomic E-state index is -0.984. The van der Waals surface area contributed by atoms with Crippen LogP contribution in [0.1, 0.15) is 23.2 Å². The summed E-state index contributed by atoms with van der Waals surface area (Å²) < 4.78 is 0. The van der Waals surface area contributed by atoms with Crippen LogP contribution in [0.2, 0.25) is 0 Å². The van der Waals surface area contributed by atoms with Gasteiger partial charge in [0.1, 0.15) is 5.82 Å². The molecule has 0 saturated heterocycles. The van der Waals surface area contributed by atoms with Crippen LogP contribution in [0.5, 0.6) is 0 Å². The van der Waals surface area contributed by atoms with Gasteiger partial charge in [0.25, 0.3) is 0 Å². The first-order chi connectivity index (χ1) is 8.66. The predicted octanol–water partition coefficient (Wildman–Crippen LogP) is 0.718. The topological polar surface area (TPSA) is 91.3 Å². The zero-order valence-corrected chi connectivity index (χ0v) is 9.85. The van der Waals surface area contributed by atoms with Crippen molar-refractivity contribution in [1.29, 1.82) is 0 Å². The number of carboxylic acids is 1. The third-order valence-electron chi connectivity index (χ3n) is 2.69. The van der Waals surface area contributed by atoms with Gasteiger partial charge in [0.2, 0.25) is 5.91 Å². The van der Waals surface area contributed by atoms with Gasteiger partial charge in [0.05, 0.1) is 5.56 Å². The van der Waals surface area contributed by atoms with Gasteiger partial charge >= 0.3 is 5.97 Å². The number of aromatic nitrogens is 1. The number of carboxylic acid groups (broad SMARTS) is 1. The number of carbonyl (C=O) groups is 2. The lowest BCUT2D eigenvalue weighted by Crippen LogP contribution is -2.29. The third kappa shape index (κ3) is 3.44. The lowest BCUT2D eigenvalue weighted by molar-refractivity contribution is -0.122. The van der Waals surface area contributed by atoms with E-state index < -0.39 is 5.97 Å². The fourth-order valence-corrected chi connectivity index (χ4v) is 1.53. The molecular weight excluding hydrogens is 234 g/mol. The van der Waals surface area contributed by atoms with Gasteiger partial charge in [-0.25, -0.2) is 9.78 Å². The summed E-state index contributed by atoms with van der Waals surface area (Å²) in [5.74, 6) is -0.180. The fraction of sp³-hybridized carbons (Fsp3) is 0.417. The SMILES string of the molecule is O=C(O)c1ccnc(NCCNC(=O)C2CC2)c1. The van der Waals surface area contributed by atoms with Crippen LogP contribution >= 0.6 is 0 Å². The Bertz CT molecular complexity index is 458. The second-order valence-corrected chi connectivity index (χ2v) is 4.23. The van der Waals surface area contributed by atoms with E-state index in [1.807, 2.05) is 0 Å². The van der Waals surface area contributed by atoms with Crippen molar-refractivity contribution in [2.75, 3.05) is 18.4 Å². The Labute approximate surface area is 104 Å². The zero-order chi connectivity index (χ0) is 13.0. The quantitative estimate of drug-likeness (QED) is 0.646. The molecule has 0 radical (unpaired) electrons. The first-order valence-corrected chi connectivity index (χ1v) is 5.88. The molecule has 1 aliphatic rings. The van der Waals surface area contributed by atoms with E-state index in [9.17, 15) is 9.59 Å². The Morgan fingerprint density at radius 1 is 1.39 bits per heavy atom. The highest BCUT2D eigenvalue weighted by molar-refractivity contribution is 5.88. The van der Waals surface area contributed by atoms with Crippen LogP contribution in [0.4, 0.5) is 5.82 Å². The summed E-state index contributed by atoms with van der Waals surface area (Å²) in [6, 6.07) is 2.90. The molecule has 0 atom stereocenters. The maximum Gasteiger partial charge on any atom is 0.335 e. The van der Waals surface area contributed by atoms with Gasteiger partial charge in [-0.05, 0) is 25.0 Å². The summed E-state index contributed by atoms with van der Waals surface area (Å²) >= 11 is 0. The van der Waals surface area contributed by atoms with Crippen LogP contribution in [0.3, 0.4) is 0 Å². The van der Waals surface area contributed by atoms with Gasteiger partial charge in [-0.2, -0.15) is 0 Å². The number of hydrogen-bond acceptors (Lipinski definition) is 4. The second kappa shape index (κ2) is 5.48. The summed E-state index contributed by atoms with van der Waals surface area (Å²) in [6.07, 6.45) is 3.41. The summed E-state index contributed by atoms with van der Waals surface area (Å²) in [7, 11) is 0. The number of nitrogens with zero attached hydrogens (tertiary/aromatic N) is 1. The molecule has 0 aliphatic heterocycles. The lowest BCUT2D eigenvalue weighted by Gasteiger charge is -2.07. The van der Waals surface area contributed by atoms with Gasteiger partial charge < -0.3 is 15.7 Å². The van der Waals surface area contributed by atoms with Crippen LogP contribution in [0, 0.1) is 5.92 Å². The molecular formula is C12H15N3O3. The van der Waals surface area contributed by atoms with Gasteiger partial charge in [0.15, 0.2) is 0 Å². The Balaban J connectivity index is 1.74. The molecule has 1 fully saturated rings. The Hall–Kier alpha value is -2.11. The van der Waals surface area contributed by atoms with Crippen molar-refractivity contribution in [2.24, 2.45) is 5.92 Å². The average Bonchev–Trinajstić information content (AvgIpc) is 3.19. The molecule has 1 heterocycles. The van der Waals surface area contributed by atoms with E-state index in [-0.39, 0.29) is 17.4 Å². The molecule has 18 heavy (non-hydrogen) atoms. The molecule has 1 amide bonds. The van der Waals surface area contributed by atoms with Crippen molar-refractivity contribution in [1.82, 2.24) is 10.3 Å². The Morgan fingerprint density at radius 3 is 2.83 bits per heavy atom. The second-order valence-electron chi connectivity index (χ2n) is 4.23. The predicted molar refractivity (Wildman–Crippen MR) is 65.4 cm³/mol. The van der Waals surface area contributed by atoms with Crippen LogP contribution in [-0.2, 0) is 4.79 Å². The zero-order valence-electron chi connectivity index (χ0n) is 9.85. The van der Waals surface area contributed by atoms with Gasteiger partial charge in [-0.1, -0.05) is 0 Å². The van der Waals surface area contributed by atoms with Crippen molar-refractivity contribution in [3.63, 3.8) is 0 Å². The molecule has 2 rings (SSSR count). The molecule has 1 aliphatic carbocycles. The van der Waals surface area contributed by atoms with Crippen molar-refractivity contribution < 1.29 is 14.7 Å². The van der Waals surface area contributed by atoms with Crippen LogP contribution in [0.15, 0.2) is 18.3 Å². The molecule has 0 spiro atoms. The van der Waals surface area contributed by atoms with Crippen molar-refractivity contribution in [3.8, 4) is 0 Å². The number of anilines is 1. The van der Waals surface area contributed by atoms with Crippen molar-refractivity contribution >= 4 is 17.7 Å². The highest BCUT2D eigenvalue weighted by Crippen LogP contribution is 2.28. The van der Waals surface area contributed by atoms with E-state index in [2.05, 4.69) is 15.6 Å². The number of nitrogens with one attached hydrogen (secondary N) is 2. The monoisotopic (exact) mass is 249 g/mol. The Morgan fingerprint density at radius 2 is 2.17 bits per heavy atom. The molecule has 6 heteroatoms. The van der Waals surface area contributed by atoms with Gasteiger partial charge in [0, 0.05) is 25.2 Å². The highest BCUT2D eigenvalue weighted by Gasteiger charge is 2.28. The molecule has 1 aromatic rings. The smallest absolute Gasteiger partial charge is 0.335 e. The number of carbonyl (C=O) groups excluding carboxylic acids is 1. The number of pyridine rings is 1. The van der Waals surface area contributed by atoms with E-state index in [1.165, 1.54) is 18.3 Å². The third-order valence-corrected chi connectivity index (χ3v) is 2.69. The molecule has 6 nitrogen and oxygen atoms in total. The largest absolute Gasteiger partial charge is 0.478 e. The number of aromatic carboxylic acids is 1. The normalized spacial score (nSPS) is 14.0. The van der Waals surface area contributed by atoms with Gasteiger partial charge in [-0.15, -0.1) is 0 Å². The minimum absolute atomic E-state index is 0.101. The molecule has 0 aromatic carbocycles. The highest BCUT2D eigenvalue weighted by atomic mass is 16.4. The van der Waals surface area contributed by atoms with Crippen molar-refractivity contribution in [3.05, 3.63) is 23.9 Å². The number of hydrogen-bond donors (Lipinski definition) is 3. The van der Waals surface area contributed by atoms with Crippen LogP contribution < -0.4 is 10.6 Å². The first kappa shape index (κ1) is 12.3. The van der Waals surface area contributed by atoms with Gasteiger partial charge in [-0.3, -0.25) is 4.79 Å². The number of amides is 1. The van der Waals surface area contributed by atoms with E-state index >= 15 is 0 Å². The summed E-state index contributed by atoms with van der Waals surface area (Å²) in [5.41, 5.74) is 0.189. The molecule has 3 N–H and O–H groups in total. The van der Waals surface area contributed by atoms with E-state index in [1.54, 1.807) is 0 Å². The molecule has 96 valence electrons. The van der Waals surface area contributed by atoms with Crippen LogP contribution in [-0.4, -0.2) is 35.1 Å². The first-order valence-electron chi connectivity index (χ1n) is 5.88. The van der Waals surface area contributed by atoms with E-state index in [0.29, 0.717) is 18.9 Å². The van der Waals surface area contributed by atoms with E-state index in [4.69, 9.17) is 5.11 Å². The standard InChI is InChI=1S/C12H15N3O3/c16-11(8-1-2-8)15-6-5-14-10-7-9(12(17)18)3-4-13-10/h3-4,7-8H,1-2,5-6H2,(H,13,14)(H,15,16)(H,17,18). The van der Waals surface area contributed by atoms with Crippen molar-refractivity contribution in [2.45, 2.75) is 12.8 Å². The molecule has 1 aromatic heterocycles. The maximum absolute atomic E-state index is 11.3. The molecule has 0 unspecified atom stereocenters. The average molecular weight is 249 g/mol. The fourth-order valence-electron chi connectivity index (χ4n) is 1.53. The molecule has 1 saturated carbocycles. The molecule has 0 bridgehead atoms.